The van der Waals surface area contributed by atoms with E-state index < -0.39 is 0 Å². The number of allylic oxidation sites excluding steroid dienone is 1. The average Bonchev–Trinajstić information content (AvgIpc) is 2.07. The summed E-state index contributed by atoms with van der Waals surface area (Å²) in [6, 6.07) is 0. The lowest BCUT2D eigenvalue weighted by atomic mass is 9.86. The number of ether oxygens (including phenoxy) is 1. The van der Waals surface area contributed by atoms with Crippen molar-refractivity contribution in [3.63, 3.8) is 0 Å². The van der Waals surface area contributed by atoms with Gasteiger partial charge in [0.25, 0.3) is 0 Å². The number of hydrogen-bond acceptors (Lipinski definition) is 2. The molecule has 2 heteroatoms. The average molecular weight is 172 g/mol. The highest BCUT2D eigenvalue weighted by molar-refractivity contribution is 4.85. The lowest BCUT2D eigenvalue weighted by Gasteiger charge is -2.34. The summed E-state index contributed by atoms with van der Waals surface area (Å²) in [7, 11) is 1.65. The smallest absolute Gasteiger partial charge is 0.0933 e. The monoisotopic (exact) mass is 172 g/mol. The van der Waals surface area contributed by atoms with Crippen LogP contribution in [0.25, 0.3) is 0 Å². The minimum absolute atomic E-state index is 0.0784. The maximum absolute atomic E-state index is 9.21. The zero-order chi connectivity index (χ0) is 9.61. The van der Waals surface area contributed by atoms with Crippen molar-refractivity contribution in [3.05, 3.63) is 12.7 Å². The van der Waals surface area contributed by atoms with E-state index in [1.807, 2.05) is 6.08 Å². The Balaban J connectivity index is 4.24. The fourth-order valence-electron chi connectivity index (χ4n) is 1.30. The molecule has 0 spiro atoms. The van der Waals surface area contributed by atoms with Gasteiger partial charge < -0.3 is 9.84 Å². The highest BCUT2D eigenvalue weighted by Crippen LogP contribution is 2.26. The Labute approximate surface area is 75.2 Å². The molecule has 0 aliphatic heterocycles. The number of methoxy groups -OCH3 is 1. The molecule has 0 fully saturated rings. The fraction of sp³-hybridized carbons (Fsp3) is 0.800. The summed E-state index contributed by atoms with van der Waals surface area (Å²) >= 11 is 0. The summed E-state index contributed by atoms with van der Waals surface area (Å²) in [5.74, 6) is 0.326. The second kappa shape index (κ2) is 5.33. The first-order valence-corrected chi connectivity index (χ1v) is 4.40. The Morgan fingerprint density at radius 1 is 1.58 bits per heavy atom. The second-order valence-corrected chi connectivity index (χ2v) is 3.41. The molecular formula is C10H20O2. The van der Waals surface area contributed by atoms with Crippen LogP contribution in [-0.2, 0) is 4.74 Å². The van der Waals surface area contributed by atoms with Gasteiger partial charge in [-0.2, -0.15) is 0 Å². The van der Waals surface area contributed by atoms with Crippen LogP contribution in [0.4, 0.5) is 0 Å². The van der Waals surface area contributed by atoms with Crippen LogP contribution in [0, 0.1) is 5.92 Å². The Hall–Kier alpha value is -0.340. The molecule has 1 N–H and O–H groups in total. The lowest BCUT2D eigenvalue weighted by Crippen LogP contribution is -2.41. The van der Waals surface area contributed by atoms with Crippen LogP contribution in [-0.4, -0.2) is 24.4 Å². The molecule has 1 atom stereocenters. The van der Waals surface area contributed by atoms with Gasteiger partial charge in [0.2, 0.25) is 0 Å². The van der Waals surface area contributed by atoms with Crippen molar-refractivity contribution < 1.29 is 9.84 Å². The first-order valence-electron chi connectivity index (χ1n) is 4.40. The highest BCUT2D eigenvalue weighted by Gasteiger charge is 2.31. The van der Waals surface area contributed by atoms with Crippen LogP contribution in [0.2, 0.25) is 0 Å². The SMILES string of the molecule is C=CCC[C@@](CO)(OC)C(C)C. The summed E-state index contributed by atoms with van der Waals surface area (Å²) in [6.07, 6.45) is 3.57. The Kier molecular flexibility index (Phi) is 5.18. The van der Waals surface area contributed by atoms with Crippen LogP contribution in [0.3, 0.4) is 0 Å². The third kappa shape index (κ3) is 2.61. The van der Waals surface area contributed by atoms with Crippen molar-refractivity contribution in [2.45, 2.75) is 32.3 Å². The lowest BCUT2D eigenvalue weighted by molar-refractivity contribution is -0.0889. The molecule has 0 unspecified atom stereocenters. The van der Waals surface area contributed by atoms with Gasteiger partial charge >= 0.3 is 0 Å². The van der Waals surface area contributed by atoms with Gasteiger partial charge in [0.1, 0.15) is 0 Å². The van der Waals surface area contributed by atoms with Crippen LogP contribution >= 0.6 is 0 Å². The third-order valence-corrected chi connectivity index (χ3v) is 2.50. The zero-order valence-corrected chi connectivity index (χ0v) is 8.34. The van der Waals surface area contributed by atoms with Crippen molar-refractivity contribution in [2.75, 3.05) is 13.7 Å². The first-order chi connectivity index (χ1) is 5.63. The molecule has 0 saturated carbocycles. The van der Waals surface area contributed by atoms with Crippen LogP contribution in [0.5, 0.6) is 0 Å². The van der Waals surface area contributed by atoms with Crippen LogP contribution < -0.4 is 0 Å². The van der Waals surface area contributed by atoms with E-state index in [-0.39, 0.29) is 12.2 Å². The molecule has 0 bridgehead atoms. The molecule has 0 amide bonds. The molecule has 0 radical (unpaired) electrons. The van der Waals surface area contributed by atoms with Gasteiger partial charge in [-0.15, -0.1) is 6.58 Å². The van der Waals surface area contributed by atoms with Gasteiger partial charge in [-0.3, -0.25) is 0 Å². The molecule has 0 aliphatic rings. The maximum Gasteiger partial charge on any atom is 0.0933 e. The molecule has 0 aliphatic carbocycles. The molecule has 0 aromatic carbocycles. The molecule has 72 valence electrons. The molecule has 0 rings (SSSR count). The first kappa shape index (κ1) is 11.7. The number of rotatable bonds is 6. The predicted molar refractivity (Wildman–Crippen MR) is 51.1 cm³/mol. The summed E-state index contributed by atoms with van der Waals surface area (Å²) in [5.41, 5.74) is -0.381. The van der Waals surface area contributed by atoms with Crippen molar-refractivity contribution in [2.24, 2.45) is 5.92 Å². The van der Waals surface area contributed by atoms with E-state index in [2.05, 4.69) is 20.4 Å². The van der Waals surface area contributed by atoms with Crippen molar-refractivity contribution in [1.82, 2.24) is 0 Å². The molecule has 12 heavy (non-hydrogen) atoms. The topological polar surface area (TPSA) is 29.5 Å². The van der Waals surface area contributed by atoms with Gasteiger partial charge in [-0.25, -0.2) is 0 Å². The molecular weight excluding hydrogens is 152 g/mol. The predicted octanol–water partition coefficient (Wildman–Crippen LogP) is 1.99. The number of hydrogen-bond donors (Lipinski definition) is 1. The summed E-state index contributed by atoms with van der Waals surface area (Å²) in [5, 5.41) is 9.21. The van der Waals surface area contributed by atoms with E-state index in [1.54, 1.807) is 7.11 Å². The van der Waals surface area contributed by atoms with Gasteiger partial charge in [0.15, 0.2) is 0 Å². The molecule has 2 nitrogen and oxygen atoms in total. The quantitative estimate of drug-likeness (QED) is 0.621. The Bertz CT molecular complexity index is 126. The molecule has 0 aromatic heterocycles. The van der Waals surface area contributed by atoms with E-state index in [0.717, 1.165) is 12.8 Å². The van der Waals surface area contributed by atoms with Crippen molar-refractivity contribution >= 4 is 0 Å². The van der Waals surface area contributed by atoms with Crippen molar-refractivity contribution in [3.8, 4) is 0 Å². The third-order valence-electron chi connectivity index (χ3n) is 2.50. The molecule has 0 aromatic rings. The van der Waals surface area contributed by atoms with Gasteiger partial charge in [0.05, 0.1) is 12.2 Å². The van der Waals surface area contributed by atoms with E-state index in [1.165, 1.54) is 0 Å². The van der Waals surface area contributed by atoms with Gasteiger partial charge in [0, 0.05) is 7.11 Å². The highest BCUT2D eigenvalue weighted by atomic mass is 16.5. The standard InChI is InChI=1S/C10H20O2/c1-5-6-7-10(8-11,12-4)9(2)3/h5,9,11H,1,6-8H2,2-4H3/t10-/m0/s1. The van der Waals surface area contributed by atoms with Gasteiger partial charge in [-0.05, 0) is 18.8 Å². The van der Waals surface area contributed by atoms with E-state index in [9.17, 15) is 5.11 Å². The van der Waals surface area contributed by atoms with Crippen molar-refractivity contribution in [1.29, 1.82) is 0 Å². The Morgan fingerprint density at radius 3 is 2.42 bits per heavy atom. The largest absolute Gasteiger partial charge is 0.393 e. The number of aliphatic hydroxyl groups is 1. The maximum atomic E-state index is 9.21. The molecule has 0 saturated heterocycles. The summed E-state index contributed by atoms with van der Waals surface area (Å²) in [6.45, 7) is 7.85. The van der Waals surface area contributed by atoms with E-state index in [0.29, 0.717) is 5.92 Å². The summed E-state index contributed by atoms with van der Waals surface area (Å²) < 4.78 is 5.35. The Morgan fingerprint density at radius 2 is 2.17 bits per heavy atom. The summed E-state index contributed by atoms with van der Waals surface area (Å²) in [4.78, 5) is 0. The molecule has 0 heterocycles. The van der Waals surface area contributed by atoms with Gasteiger partial charge in [-0.1, -0.05) is 19.9 Å². The van der Waals surface area contributed by atoms with E-state index in [4.69, 9.17) is 4.74 Å². The minimum Gasteiger partial charge on any atom is -0.393 e. The second-order valence-electron chi connectivity index (χ2n) is 3.41. The zero-order valence-electron chi connectivity index (χ0n) is 8.34. The van der Waals surface area contributed by atoms with Crippen LogP contribution in [0.1, 0.15) is 26.7 Å². The minimum atomic E-state index is -0.381. The van der Waals surface area contributed by atoms with E-state index >= 15 is 0 Å². The number of aliphatic hydroxyl groups excluding tert-OH is 1. The normalized spacial score (nSPS) is 16.1. The van der Waals surface area contributed by atoms with Crippen LogP contribution in [0.15, 0.2) is 12.7 Å². The fourth-order valence-corrected chi connectivity index (χ4v) is 1.30.